The number of benzene rings is 1. The summed E-state index contributed by atoms with van der Waals surface area (Å²) in [5.74, 6) is -1.03. The van der Waals surface area contributed by atoms with Crippen LogP contribution in [0.2, 0.25) is 0 Å². The van der Waals surface area contributed by atoms with E-state index < -0.39 is 5.97 Å². The number of para-hydroxylation sites is 1. The highest BCUT2D eigenvalue weighted by molar-refractivity contribution is 5.85. The number of aromatic nitrogens is 3. The number of aromatic carboxylic acids is 1. The van der Waals surface area contributed by atoms with Gasteiger partial charge in [-0.15, -0.1) is 0 Å². The molecule has 0 amide bonds. The Morgan fingerprint density at radius 3 is 2.50 bits per heavy atom. The number of hydrogen-bond acceptors (Lipinski definition) is 3. The van der Waals surface area contributed by atoms with Gasteiger partial charge in [-0.1, -0.05) is 18.2 Å². The lowest BCUT2D eigenvalue weighted by atomic mass is 10.2. The van der Waals surface area contributed by atoms with Crippen molar-refractivity contribution in [3.05, 3.63) is 66.6 Å². The van der Waals surface area contributed by atoms with Gasteiger partial charge in [0.05, 0.1) is 17.6 Å². The van der Waals surface area contributed by atoms with Crippen LogP contribution in [0.3, 0.4) is 0 Å². The summed E-state index contributed by atoms with van der Waals surface area (Å²) in [5, 5.41) is 13.2. The standard InChI is InChI=1S/C15H11N3O2/c19-15(20)13-7-6-11(10-16-13)14-8-9-17-18(14)12-4-2-1-3-5-12/h1-10H,(H,19,20). The molecule has 0 aliphatic heterocycles. The van der Waals surface area contributed by atoms with Crippen LogP contribution in [-0.2, 0) is 0 Å². The summed E-state index contributed by atoms with van der Waals surface area (Å²) in [4.78, 5) is 14.7. The van der Waals surface area contributed by atoms with E-state index in [4.69, 9.17) is 5.11 Å². The van der Waals surface area contributed by atoms with Crippen LogP contribution in [0.1, 0.15) is 10.5 Å². The minimum absolute atomic E-state index is 0.0273. The van der Waals surface area contributed by atoms with Crippen LogP contribution < -0.4 is 0 Å². The fraction of sp³-hybridized carbons (Fsp3) is 0. The van der Waals surface area contributed by atoms with Crippen LogP contribution in [0.5, 0.6) is 0 Å². The van der Waals surface area contributed by atoms with Gasteiger partial charge >= 0.3 is 5.97 Å². The molecular weight excluding hydrogens is 254 g/mol. The maximum absolute atomic E-state index is 10.8. The fourth-order valence-electron chi connectivity index (χ4n) is 1.97. The summed E-state index contributed by atoms with van der Waals surface area (Å²) in [6.45, 7) is 0. The zero-order chi connectivity index (χ0) is 13.9. The molecule has 5 heteroatoms. The van der Waals surface area contributed by atoms with Gasteiger partial charge in [-0.2, -0.15) is 5.10 Å². The molecule has 20 heavy (non-hydrogen) atoms. The van der Waals surface area contributed by atoms with E-state index in [2.05, 4.69) is 10.1 Å². The number of carbonyl (C=O) groups is 1. The number of hydrogen-bond donors (Lipinski definition) is 1. The predicted octanol–water partition coefficient (Wildman–Crippen LogP) is 2.63. The smallest absolute Gasteiger partial charge is 0.354 e. The number of carboxylic acid groups (broad SMARTS) is 1. The Balaban J connectivity index is 2.04. The van der Waals surface area contributed by atoms with Gasteiger partial charge in [0.1, 0.15) is 5.69 Å². The molecule has 3 rings (SSSR count). The Morgan fingerprint density at radius 2 is 1.85 bits per heavy atom. The highest BCUT2D eigenvalue weighted by Gasteiger charge is 2.09. The van der Waals surface area contributed by atoms with Crippen molar-refractivity contribution in [3.8, 4) is 16.9 Å². The third-order valence-corrected chi connectivity index (χ3v) is 2.92. The van der Waals surface area contributed by atoms with E-state index in [0.29, 0.717) is 0 Å². The van der Waals surface area contributed by atoms with E-state index in [9.17, 15) is 4.79 Å². The van der Waals surface area contributed by atoms with Crippen LogP contribution in [-0.4, -0.2) is 25.8 Å². The molecule has 0 unspecified atom stereocenters. The third kappa shape index (κ3) is 2.16. The molecule has 1 N–H and O–H groups in total. The normalized spacial score (nSPS) is 10.4. The zero-order valence-corrected chi connectivity index (χ0v) is 10.5. The Morgan fingerprint density at radius 1 is 1.05 bits per heavy atom. The average Bonchev–Trinajstić information content (AvgIpc) is 2.97. The van der Waals surface area contributed by atoms with E-state index in [0.717, 1.165) is 16.9 Å². The molecule has 0 atom stereocenters. The molecule has 98 valence electrons. The molecular formula is C15H11N3O2. The average molecular weight is 265 g/mol. The minimum Gasteiger partial charge on any atom is -0.477 e. The Kier molecular flexibility index (Phi) is 3.01. The number of carboxylic acids is 1. The molecule has 0 fully saturated rings. The summed E-state index contributed by atoms with van der Waals surface area (Å²) < 4.78 is 1.79. The number of pyridine rings is 1. The molecule has 2 heterocycles. The molecule has 0 aliphatic carbocycles. The van der Waals surface area contributed by atoms with E-state index in [1.807, 2.05) is 36.4 Å². The lowest BCUT2D eigenvalue weighted by Crippen LogP contribution is -2.01. The van der Waals surface area contributed by atoms with Crippen LogP contribution in [0.25, 0.3) is 16.9 Å². The molecule has 1 aromatic carbocycles. The lowest BCUT2D eigenvalue weighted by molar-refractivity contribution is 0.0690. The molecule has 0 radical (unpaired) electrons. The SMILES string of the molecule is O=C(O)c1ccc(-c2ccnn2-c2ccccc2)cn1. The summed E-state index contributed by atoms with van der Waals surface area (Å²) in [7, 11) is 0. The first-order valence-electron chi connectivity index (χ1n) is 6.05. The molecule has 0 saturated carbocycles. The van der Waals surface area contributed by atoms with E-state index in [-0.39, 0.29) is 5.69 Å². The van der Waals surface area contributed by atoms with E-state index >= 15 is 0 Å². The molecule has 0 spiro atoms. The van der Waals surface area contributed by atoms with Crippen molar-refractivity contribution in [3.63, 3.8) is 0 Å². The highest BCUT2D eigenvalue weighted by Crippen LogP contribution is 2.21. The summed E-state index contributed by atoms with van der Waals surface area (Å²) in [6, 6.07) is 14.8. The largest absolute Gasteiger partial charge is 0.477 e. The first kappa shape index (κ1) is 12.1. The van der Waals surface area contributed by atoms with E-state index in [1.54, 1.807) is 23.1 Å². The maximum Gasteiger partial charge on any atom is 0.354 e. The second kappa shape index (κ2) is 4.97. The van der Waals surface area contributed by atoms with Crippen molar-refractivity contribution in [1.82, 2.24) is 14.8 Å². The van der Waals surface area contributed by atoms with Gasteiger partial charge in [0.2, 0.25) is 0 Å². The van der Waals surface area contributed by atoms with Crippen LogP contribution in [0, 0.1) is 0 Å². The van der Waals surface area contributed by atoms with Crippen LogP contribution >= 0.6 is 0 Å². The van der Waals surface area contributed by atoms with Gasteiger partial charge in [0.15, 0.2) is 0 Å². The van der Waals surface area contributed by atoms with Gasteiger partial charge in [-0.05, 0) is 30.3 Å². The highest BCUT2D eigenvalue weighted by atomic mass is 16.4. The first-order chi connectivity index (χ1) is 9.75. The predicted molar refractivity (Wildman–Crippen MR) is 73.8 cm³/mol. The molecule has 0 bridgehead atoms. The summed E-state index contributed by atoms with van der Waals surface area (Å²) in [5.41, 5.74) is 2.64. The molecule has 2 aromatic heterocycles. The van der Waals surface area contributed by atoms with Crippen molar-refractivity contribution < 1.29 is 9.90 Å². The van der Waals surface area contributed by atoms with Crippen molar-refractivity contribution in [1.29, 1.82) is 0 Å². The van der Waals surface area contributed by atoms with Gasteiger partial charge in [0, 0.05) is 11.8 Å². The number of rotatable bonds is 3. The maximum atomic E-state index is 10.8. The first-order valence-corrected chi connectivity index (χ1v) is 6.05. The van der Waals surface area contributed by atoms with Gasteiger partial charge < -0.3 is 5.11 Å². The zero-order valence-electron chi connectivity index (χ0n) is 10.5. The second-order valence-electron chi connectivity index (χ2n) is 4.20. The van der Waals surface area contributed by atoms with E-state index in [1.165, 1.54) is 6.07 Å². The van der Waals surface area contributed by atoms with Crippen molar-refractivity contribution in [2.45, 2.75) is 0 Å². The minimum atomic E-state index is -1.03. The van der Waals surface area contributed by atoms with Crippen molar-refractivity contribution in [2.75, 3.05) is 0 Å². The van der Waals surface area contributed by atoms with Crippen molar-refractivity contribution >= 4 is 5.97 Å². The van der Waals surface area contributed by atoms with Crippen LogP contribution in [0.4, 0.5) is 0 Å². The van der Waals surface area contributed by atoms with Gasteiger partial charge in [0.25, 0.3) is 0 Å². The Hall–Kier alpha value is -2.95. The second-order valence-corrected chi connectivity index (χ2v) is 4.20. The lowest BCUT2D eigenvalue weighted by Gasteiger charge is -2.07. The Bertz CT molecular complexity index is 733. The van der Waals surface area contributed by atoms with Gasteiger partial charge in [-0.3, -0.25) is 0 Å². The fourth-order valence-corrected chi connectivity index (χ4v) is 1.97. The quantitative estimate of drug-likeness (QED) is 0.790. The molecule has 0 saturated heterocycles. The summed E-state index contributed by atoms with van der Waals surface area (Å²) >= 11 is 0. The monoisotopic (exact) mass is 265 g/mol. The molecule has 3 aromatic rings. The third-order valence-electron chi connectivity index (χ3n) is 2.92. The van der Waals surface area contributed by atoms with Gasteiger partial charge in [-0.25, -0.2) is 14.5 Å². The Labute approximate surface area is 115 Å². The topological polar surface area (TPSA) is 68.0 Å². The van der Waals surface area contributed by atoms with Crippen molar-refractivity contribution in [2.24, 2.45) is 0 Å². The van der Waals surface area contributed by atoms with Crippen LogP contribution in [0.15, 0.2) is 60.9 Å². The number of nitrogens with zero attached hydrogens (tertiary/aromatic N) is 3. The molecule has 0 aliphatic rings. The molecule has 5 nitrogen and oxygen atoms in total. The summed E-state index contributed by atoms with van der Waals surface area (Å²) in [6.07, 6.45) is 3.24.